The molecule has 7 rings (SSSR count). The highest BCUT2D eigenvalue weighted by Gasteiger charge is 2.51. The minimum absolute atomic E-state index is 0.0662. The number of H-pyrrole nitrogens is 1. The van der Waals surface area contributed by atoms with Crippen molar-refractivity contribution in [2.75, 3.05) is 49.1 Å². The number of aromatic nitrogens is 4. The Balaban J connectivity index is 0.000000167. The number of carboxylic acid groups (broad SMARTS) is 2. The predicted molar refractivity (Wildman–Crippen MR) is 171 cm³/mol. The Kier molecular flexibility index (Phi) is 9.09. The number of aromatic carboxylic acids is 1. The molecule has 0 spiro atoms. The first kappa shape index (κ1) is 32.0. The van der Waals surface area contributed by atoms with Gasteiger partial charge in [-0.05, 0) is 37.1 Å². The van der Waals surface area contributed by atoms with Crippen molar-refractivity contribution in [2.45, 2.75) is 42.2 Å². The summed E-state index contributed by atoms with van der Waals surface area (Å²) in [7, 11) is 0. The topological polar surface area (TPSA) is 191 Å². The number of nitrogens with one attached hydrogen (secondary N) is 1. The van der Waals surface area contributed by atoms with Gasteiger partial charge < -0.3 is 30.3 Å². The van der Waals surface area contributed by atoms with Crippen LogP contribution in [0.15, 0.2) is 45.6 Å². The Labute approximate surface area is 270 Å². The van der Waals surface area contributed by atoms with E-state index in [-0.39, 0.29) is 34.0 Å². The number of aliphatic carboxylic acids is 1. The van der Waals surface area contributed by atoms with E-state index in [1.54, 1.807) is 12.3 Å². The number of halogens is 1. The number of β-lactam (4-membered cyclic amide) rings is 1. The maximum Gasteiger partial charge on any atom is 0.352 e. The number of pyridine rings is 1. The number of carbonyl (C=O) groups excluding carboxylic acids is 1. The SMILES string of the molecule is CCN1CCN(c2cc3c(cc2F)c(=O)c(C(=O)O)cn3C2CC2)CC1.N[C@@H]1C(=O)N2C(C(=O)O)=C(CSc3cn[nH]n3)CS[C@H]12. The van der Waals surface area contributed by atoms with Crippen LogP contribution >= 0.6 is 23.5 Å². The number of carboxylic acids is 2. The fourth-order valence-electron chi connectivity index (χ4n) is 5.83. The highest BCUT2D eigenvalue weighted by Crippen LogP contribution is 2.41. The van der Waals surface area contributed by atoms with Crippen LogP contribution < -0.4 is 16.1 Å². The van der Waals surface area contributed by atoms with E-state index in [1.165, 1.54) is 40.7 Å². The molecule has 2 aromatic heterocycles. The quantitative estimate of drug-likeness (QED) is 0.200. The van der Waals surface area contributed by atoms with E-state index in [4.69, 9.17) is 5.73 Å². The van der Waals surface area contributed by atoms with Crippen LogP contribution in [0.1, 0.15) is 36.2 Å². The van der Waals surface area contributed by atoms with E-state index < -0.39 is 29.2 Å². The molecule has 0 unspecified atom stereocenters. The molecule has 3 aromatic rings. The summed E-state index contributed by atoms with van der Waals surface area (Å²) in [6.07, 6.45) is 4.87. The minimum atomic E-state index is -1.27. The van der Waals surface area contributed by atoms with Crippen LogP contribution in [-0.2, 0) is 9.59 Å². The zero-order chi connectivity index (χ0) is 32.7. The summed E-state index contributed by atoms with van der Waals surface area (Å²) in [4.78, 5) is 52.7. The van der Waals surface area contributed by atoms with Crippen LogP contribution in [-0.4, -0.2) is 113 Å². The smallest absolute Gasteiger partial charge is 0.352 e. The summed E-state index contributed by atoms with van der Waals surface area (Å²) in [6.45, 7) is 6.31. The van der Waals surface area contributed by atoms with Gasteiger partial charge in [0.1, 0.15) is 33.5 Å². The lowest BCUT2D eigenvalue weighted by Gasteiger charge is -2.48. The van der Waals surface area contributed by atoms with E-state index >= 15 is 0 Å². The number of amides is 1. The molecule has 5 heterocycles. The number of fused-ring (bicyclic) bond motifs is 2. The van der Waals surface area contributed by atoms with Gasteiger partial charge in [-0.1, -0.05) is 18.7 Å². The zero-order valence-corrected chi connectivity index (χ0v) is 26.5. The van der Waals surface area contributed by atoms with Gasteiger partial charge in [-0.3, -0.25) is 14.5 Å². The number of nitrogens with zero attached hydrogens (tertiary/aromatic N) is 6. The lowest BCUT2D eigenvalue weighted by Crippen LogP contribution is -2.68. The molecule has 46 heavy (non-hydrogen) atoms. The second-order valence-electron chi connectivity index (χ2n) is 11.3. The molecule has 1 saturated carbocycles. The average Bonchev–Trinajstić information content (AvgIpc) is 3.77. The van der Waals surface area contributed by atoms with E-state index in [2.05, 4.69) is 27.2 Å². The first-order valence-electron chi connectivity index (χ1n) is 14.8. The largest absolute Gasteiger partial charge is 0.477 e. The molecule has 3 aliphatic heterocycles. The number of anilines is 1. The number of aromatic amines is 1. The van der Waals surface area contributed by atoms with Crippen LogP contribution in [0.2, 0.25) is 0 Å². The molecule has 4 aliphatic rings. The fourth-order valence-corrected chi connectivity index (χ4v) is 8.04. The number of carbonyl (C=O) groups is 3. The first-order chi connectivity index (χ1) is 22.1. The molecule has 5 N–H and O–H groups in total. The maximum atomic E-state index is 14.8. The standard InChI is InChI=1S/C19H22FN3O3.C10H11N5O3S2/c1-2-21-5-7-22(8-6-21)17-10-16-13(9-15(17)20)18(24)14(19(25)26)11-23(16)12-3-4-12;11-6-8(16)15-7(10(17)18)4(3-20-9(6)15)2-19-5-1-12-14-13-5/h9-12H,2-8H2,1H3,(H,25,26);1,6,9H,2-3,11H2,(H,17,18)(H,12,13,14)/t;6-,9-/m.1/s1. The van der Waals surface area contributed by atoms with Gasteiger partial charge in [-0.25, -0.2) is 14.0 Å². The number of hydrogen-bond acceptors (Lipinski definition) is 11. The second-order valence-corrected chi connectivity index (χ2v) is 13.4. The third-order valence-electron chi connectivity index (χ3n) is 8.51. The highest BCUT2D eigenvalue weighted by molar-refractivity contribution is 8.01. The second kappa shape index (κ2) is 13.1. The number of piperazine rings is 1. The van der Waals surface area contributed by atoms with Crippen molar-refractivity contribution in [3.05, 3.63) is 57.4 Å². The molecule has 1 aromatic carbocycles. The van der Waals surface area contributed by atoms with Crippen LogP contribution in [0, 0.1) is 5.82 Å². The van der Waals surface area contributed by atoms with Gasteiger partial charge in [-0.15, -0.1) is 16.9 Å². The first-order valence-corrected chi connectivity index (χ1v) is 16.9. The molecule has 0 radical (unpaired) electrons. The van der Waals surface area contributed by atoms with Crippen LogP contribution in [0.3, 0.4) is 0 Å². The lowest BCUT2D eigenvalue weighted by atomic mass is 10.0. The van der Waals surface area contributed by atoms with Crippen molar-refractivity contribution < 1.29 is 29.0 Å². The molecule has 0 bridgehead atoms. The number of hydrogen-bond donors (Lipinski definition) is 4. The van der Waals surface area contributed by atoms with Gasteiger partial charge in [-0.2, -0.15) is 10.3 Å². The summed E-state index contributed by atoms with van der Waals surface area (Å²) in [5.41, 5.74) is 6.64. The molecule has 3 fully saturated rings. The Morgan fingerprint density at radius 2 is 1.89 bits per heavy atom. The Morgan fingerprint density at radius 3 is 2.50 bits per heavy atom. The van der Waals surface area contributed by atoms with E-state index in [1.807, 2.05) is 9.47 Å². The Hall–Kier alpha value is -3.93. The van der Waals surface area contributed by atoms with Gasteiger partial charge in [0.05, 0.1) is 17.4 Å². The van der Waals surface area contributed by atoms with Crippen molar-refractivity contribution >= 4 is 58.0 Å². The zero-order valence-electron chi connectivity index (χ0n) is 24.9. The van der Waals surface area contributed by atoms with E-state index in [0.717, 1.165) is 45.6 Å². The van der Waals surface area contributed by atoms with E-state index in [9.17, 15) is 33.8 Å². The Morgan fingerprint density at radius 1 is 1.15 bits per heavy atom. The number of thioether (sulfide) groups is 2. The van der Waals surface area contributed by atoms with Crippen molar-refractivity contribution in [1.82, 2.24) is 29.8 Å². The normalized spacial score (nSPS) is 21.5. The van der Waals surface area contributed by atoms with Crippen molar-refractivity contribution in [3.63, 3.8) is 0 Å². The average molecular weight is 673 g/mol. The third-order valence-corrected chi connectivity index (χ3v) is 10.9. The molecular formula is C29H33FN8O6S2. The Bertz CT molecular complexity index is 1770. The lowest BCUT2D eigenvalue weighted by molar-refractivity contribution is -0.147. The number of benzene rings is 1. The van der Waals surface area contributed by atoms with Gasteiger partial charge >= 0.3 is 11.9 Å². The fraction of sp³-hybridized carbons (Fsp3) is 0.448. The maximum absolute atomic E-state index is 14.8. The van der Waals surface area contributed by atoms with Gasteiger partial charge in [0.15, 0.2) is 0 Å². The van der Waals surface area contributed by atoms with Crippen LogP contribution in [0.25, 0.3) is 10.9 Å². The summed E-state index contributed by atoms with van der Waals surface area (Å²) in [5, 5.41) is 29.3. The van der Waals surface area contributed by atoms with E-state index in [0.29, 0.717) is 33.3 Å². The number of likely N-dealkylation sites (N-methyl/N-ethyl adjacent to an activating group) is 1. The van der Waals surface area contributed by atoms with Crippen molar-refractivity contribution in [2.24, 2.45) is 5.73 Å². The molecule has 1 amide bonds. The number of rotatable bonds is 8. The van der Waals surface area contributed by atoms with Crippen molar-refractivity contribution in [1.29, 1.82) is 0 Å². The van der Waals surface area contributed by atoms with Crippen molar-refractivity contribution in [3.8, 4) is 0 Å². The molecule has 14 nitrogen and oxygen atoms in total. The number of nitrogens with two attached hydrogens (primary N) is 1. The van der Waals surface area contributed by atoms with Crippen LogP contribution in [0.4, 0.5) is 10.1 Å². The monoisotopic (exact) mass is 672 g/mol. The highest BCUT2D eigenvalue weighted by atomic mass is 32.2. The molecule has 2 atom stereocenters. The van der Waals surface area contributed by atoms with Gasteiger partial charge in [0.2, 0.25) is 11.3 Å². The summed E-state index contributed by atoms with van der Waals surface area (Å²) >= 11 is 2.87. The minimum Gasteiger partial charge on any atom is -0.477 e. The molecular weight excluding hydrogens is 640 g/mol. The summed E-state index contributed by atoms with van der Waals surface area (Å²) in [6, 6.07) is 2.52. The predicted octanol–water partition coefficient (Wildman–Crippen LogP) is 1.79. The van der Waals surface area contributed by atoms with Gasteiger partial charge in [0, 0.05) is 55.3 Å². The molecule has 2 saturated heterocycles. The molecule has 17 heteroatoms. The summed E-state index contributed by atoms with van der Waals surface area (Å²) < 4.78 is 16.6. The molecule has 244 valence electrons. The molecule has 1 aliphatic carbocycles. The van der Waals surface area contributed by atoms with Gasteiger partial charge in [0.25, 0.3) is 0 Å². The van der Waals surface area contributed by atoms with Crippen LogP contribution in [0.5, 0.6) is 0 Å². The third kappa shape index (κ3) is 6.11. The summed E-state index contributed by atoms with van der Waals surface area (Å²) in [5.74, 6) is -2.16.